The summed E-state index contributed by atoms with van der Waals surface area (Å²) in [5, 5.41) is 13.1. The first kappa shape index (κ1) is 24.6. The summed E-state index contributed by atoms with van der Waals surface area (Å²) in [6.07, 6.45) is 4.55. The van der Waals surface area contributed by atoms with Gasteiger partial charge in [0.15, 0.2) is 11.9 Å². The van der Waals surface area contributed by atoms with E-state index in [-0.39, 0.29) is 42.1 Å². The number of halogens is 1. The maximum Gasteiger partial charge on any atom is 0.291 e. The summed E-state index contributed by atoms with van der Waals surface area (Å²) in [6.45, 7) is 4.42. The standard InChI is InChI=1S/C24H22ClN5O4S2/c1-15-16(2)30(32)6-5-20(15)18-13-26-23(27-14-18)24(31)28-7-9-29(10-8-28)36(33,34)22-11-17-3-4-19(25)12-21(17)35-22/h3-6,11-14H,7-10H2,1-2H3. The molecule has 1 amide bonds. The van der Waals surface area contributed by atoms with Crippen LogP contribution in [-0.2, 0) is 10.0 Å². The molecule has 0 N–H and O–H groups in total. The first-order valence-corrected chi connectivity index (χ1v) is 13.8. The van der Waals surface area contributed by atoms with Gasteiger partial charge in [0, 0.05) is 72.4 Å². The van der Waals surface area contributed by atoms with Gasteiger partial charge in [-0.25, -0.2) is 18.4 Å². The minimum Gasteiger partial charge on any atom is -0.619 e. The maximum atomic E-state index is 13.2. The van der Waals surface area contributed by atoms with Crippen molar-refractivity contribution in [3.05, 3.63) is 76.2 Å². The third-order valence-electron chi connectivity index (χ3n) is 6.39. The lowest BCUT2D eigenvalue weighted by atomic mass is 10.0. The average Bonchev–Trinajstić information content (AvgIpc) is 3.31. The number of amides is 1. The van der Waals surface area contributed by atoms with Gasteiger partial charge in [0.1, 0.15) is 4.21 Å². The summed E-state index contributed by atoms with van der Waals surface area (Å²) in [5.74, 6) is -0.311. The Morgan fingerprint density at radius 2 is 1.78 bits per heavy atom. The Balaban J connectivity index is 1.27. The number of sulfonamides is 1. The van der Waals surface area contributed by atoms with Crippen molar-refractivity contribution in [2.75, 3.05) is 26.2 Å². The molecule has 12 heteroatoms. The van der Waals surface area contributed by atoms with Crippen molar-refractivity contribution in [3.8, 4) is 11.1 Å². The van der Waals surface area contributed by atoms with Crippen molar-refractivity contribution in [1.82, 2.24) is 19.2 Å². The van der Waals surface area contributed by atoms with E-state index < -0.39 is 10.0 Å². The highest BCUT2D eigenvalue weighted by Crippen LogP contribution is 2.33. The van der Waals surface area contributed by atoms with Gasteiger partial charge in [-0.1, -0.05) is 17.7 Å². The van der Waals surface area contributed by atoms with Crippen LogP contribution < -0.4 is 4.73 Å². The molecule has 0 aliphatic carbocycles. The number of carbonyl (C=O) groups excluding carboxylic acids is 1. The second kappa shape index (κ2) is 9.40. The van der Waals surface area contributed by atoms with E-state index >= 15 is 0 Å². The fraction of sp³-hybridized carbons (Fsp3) is 0.250. The third-order valence-corrected chi connectivity index (χ3v) is 10.1. The van der Waals surface area contributed by atoms with Gasteiger partial charge < -0.3 is 10.1 Å². The van der Waals surface area contributed by atoms with Gasteiger partial charge in [-0.3, -0.25) is 4.79 Å². The molecular weight excluding hydrogens is 522 g/mol. The molecule has 186 valence electrons. The number of aromatic nitrogens is 3. The summed E-state index contributed by atoms with van der Waals surface area (Å²) in [7, 11) is -3.68. The zero-order valence-electron chi connectivity index (χ0n) is 19.5. The lowest BCUT2D eigenvalue weighted by Gasteiger charge is -2.33. The molecule has 1 fully saturated rings. The van der Waals surface area contributed by atoms with E-state index in [1.807, 2.05) is 6.92 Å². The maximum absolute atomic E-state index is 13.2. The van der Waals surface area contributed by atoms with E-state index in [1.54, 1.807) is 54.5 Å². The predicted molar refractivity (Wildman–Crippen MR) is 137 cm³/mol. The Morgan fingerprint density at radius 1 is 1.08 bits per heavy atom. The first-order chi connectivity index (χ1) is 17.1. The highest BCUT2D eigenvalue weighted by molar-refractivity contribution is 7.91. The molecule has 0 saturated carbocycles. The number of thiophene rings is 1. The number of benzene rings is 1. The van der Waals surface area contributed by atoms with Crippen LogP contribution in [0.3, 0.4) is 0 Å². The summed E-state index contributed by atoms with van der Waals surface area (Å²) in [5.41, 5.74) is 2.92. The van der Waals surface area contributed by atoms with Crippen LogP contribution in [0.25, 0.3) is 21.2 Å². The minimum absolute atomic E-state index is 0.0423. The Kier molecular flexibility index (Phi) is 6.41. The fourth-order valence-electron chi connectivity index (χ4n) is 4.14. The van der Waals surface area contributed by atoms with Crippen molar-refractivity contribution >= 4 is 49.0 Å². The molecule has 0 bridgehead atoms. The van der Waals surface area contributed by atoms with Crippen LogP contribution in [0.4, 0.5) is 0 Å². The molecule has 0 spiro atoms. The topological polar surface area (TPSA) is 110 Å². The number of nitrogens with zero attached hydrogens (tertiary/aromatic N) is 5. The van der Waals surface area contributed by atoms with Crippen molar-refractivity contribution in [2.45, 2.75) is 18.1 Å². The highest BCUT2D eigenvalue weighted by atomic mass is 35.5. The second-order valence-electron chi connectivity index (χ2n) is 8.50. The van der Waals surface area contributed by atoms with Crippen LogP contribution in [0.15, 0.2) is 53.1 Å². The fourth-order valence-corrected chi connectivity index (χ4v) is 7.39. The van der Waals surface area contributed by atoms with Gasteiger partial charge in [-0.15, -0.1) is 11.3 Å². The number of carbonyl (C=O) groups is 1. The van der Waals surface area contributed by atoms with Crippen molar-refractivity contribution in [3.63, 3.8) is 0 Å². The zero-order chi connectivity index (χ0) is 25.6. The quantitative estimate of drug-likeness (QED) is 0.288. The third kappa shape index (κ3) is 4.43. The lowest BCUT2D eigenvalue weighted by Crippen LogP contribution is -2.50. The van der Waals surface area contributed by atoms with E-state index in [2.05, 4.69) is 9.97 Å². The number of rotatable bonds is 4. The molecule has 1 aliphatic rings. The number of fused-ring (bicyclic) bond motifs is 1. The zero-order valence-corrected chi connectivity index (χ0v) is 21.9. The SMILES string of the molecule is Cc1c(-c2cnc(C(=O)N3CCN(S(=O)(=O)c4cc5ccc(Cl)cc5s4)CC3)nc2)cc[n+]([O-])c1C. The molecule has 36 heavy (non-hydrogen) atoms. The smallest absolute Gasteiger partial charge is 0.291 e. The second-order valence-corrected chi connectivity index (χ2v) is 12.2. The summed E-state index contributed by atoms with van der Waals surface area (Å²) < 4.78 is 29.6. The molecule has 4 aromatic rings. The molecule has 9 nitrogen and oxygen atoms in total. The van der Waals surface area contributed by atoms with Gasteiger partial charge in [0.25, 0.3) is 15.9 Å². The molecular formula is C24H22ClN5O4S2. The van der Waals surface area contributed by atoms with Crippen LogP contribution in [-0.4, -0.2) is 59.7 Å². The van der Waals surface area contributed by atoms with Crippen LogP contribution in [0.5, 0.6) is 0 Å². The van der Waals surface area contributed by atoms with Gasteiger partial charge in [-0.2, -0.15) is 9.04 Å². The van der Waals surface area contributed by atoms with E-state index in [0.717, 1.165) is 25.9 Å². The Morgan fingerprint density at radius 3 is 2.47 bits per heavy atom. The van der Waals surface area contributed by atoms with Crippen molar-refractivity contribution in [2.24, 2.45) is 0 Å². The molecule has 4 heterocycles. The van der Waals surface area contributed by atoms with Gasteiger partial charge in [0.05, 0.1) is 0 Å². The van der Waals surface area contributed by atoms with Crippen LogP contribution in [0.2, 0.25) is 5.02 Å². The normalized spacial score (nSPS) is 14.9. The summed E-state index contributed by atoms with van der Waals surface area (Å²) >= 11 is 7.22. The Bertz CT molecular complexity index is 1580. The molecule has 0 radical (unpaired) electrons. The van der Waals surface area contributed by atoms with Gasteiger partial charge >= 0.3 is 0 Å². The predicted octanol–water partition coefficient (Wildman–Crippen LogP) is 3.41. The largest absolute Gasteiger partial charge is 0.619 e. The number of piperazine rings is 1. The van der Waals surface area contributed by atoms with Crippen LogP contribution in [0, 0.1) is 19.1 Å². The average molecular weight is 544 g/mol. The van der Waals surface area contributed by atoms with E-state index in [9.17, 15) is 18.4 Å². The summed E-state index contributed by atoms with van der Waals surface area (Å²) in [4.78, 5) is 23.0. The summed E-state index contributed by atoms with van der Waals surface area (Å²) in [6, 6.07) is 8.64. The first-order valence-electron chi connectivity index (χ1n) is 11.2. The van der Waals surface area contributed by atoms with Crippen molar-refractivity contribution < 1.29 is 17.9 Å². The molecule has 0 atom stereocenters. The van der Waals surface area contributed by atoms with Crippen molar-refractivity contribution in [1.29, 1.82) is 0 Å². The number of pyridine rings is 1. The minimum atomic E-state index is -3.68. The highest BCUT2D eigenvalue weighted by Gasteiger charge is 2.32. The Labute approximate surface area is 217 Å². The van der Waals surface area contributed by atoms with Gasteiger partial charge in [0.2, 0.25) is 5.82 Å². The molecule has 5 rings (SSSR count). The number of hydrogen-bond acceptors (Lipinski definition) is 7. The molecule has 1 saturated heterocycles. The lowest BCUT2D eigenvalue weighted by molar-refractivity contribution is -0.612. The van der Waals surface area contributed by atoms with E-state index in [0.29, 0.717) is 16.3 Å². The molecule has 1 aromatic carbocycles. The molecule has 1 aliphatic heterocycles. The van der Waals surface area contributed by atoms with Crippen LogP contribution >= 0.6 is 22.9 Å². The van der Waals surface area contributed by atoms with E-state index in [1.165, 1.54) is 21.8 Å². The molecule has 3 aromatic heterocycles. The van der Waals surface area contributed by atoms with Gasteiger partial charge in [-0.05, 0) is 36.1 Å². The molecule has 0 unspecified atom stereocenters. The Hall–Kier alpha value is -3.12. The van der Waals surface area contributed by atoms with E-state index in [4.69, 9.17) is 11.6 Å². The number of hydrogen-bond donors (Lipinski definition) is 0. The van der Waals surface area contributed by atoms with Crippen LogP contribution in [0.1, 0.15) is 21.9 Å². The monoisotopic (exact) mass is 543 g/mol.